The van der Waals surface area contributed by atoms with Crippen LogP contribution in [0.4, 0.5) is 0 Å². The van der Waals surface area contributed by atoms with Gasteiger partial charge in [0.15, 0.2) is 0 Å². The molecule has 0 aromatic heterocycles. The molecule has 0 unspecified atom stereocenters. The van der Waals surface area contributed by atoms with Gasteiger partial charge in [-0.25, -0.2) is 0 Å². The van der Waals surface area contributed by atoms with Crippen molar-refractivity contribution in [3.05, 3.63) is 59.3 Å². The van der Waals surface area contributed by atoms with Gasteiger partial charge in [-0.1, -0.05) is 44.2 Å². The largest absolute Gasteiger partial charge is 0.507 e. The van der Waals surface area contributed by atoms with Crippen molar-refractivity contribution in [3.8, 4) is 5.75 Å². The minimum Gasteiger partial charge on any atom is -0.507 e. The fourth-order valence-corrected chi connectivity index (χ4v) is 2.81. The highest BCUT2D eigenvalue weighted by Crippen LogP contribution is 2.32. The smallest absolute Gasteiger partial charge is 0.123 e. The van der Waals surface area contributed by atoms with Crippen LogP contribution < -0.4 is 0 Å². The van der Waals surface area contributed by atoms with Gasteiger partial charge in [0.1, 0.15) is 5.75 Å². The zero-order valence-corrected chi connectivity index (χ0v) is 14.7. The first-order chi connectivity index (χ1) is 11.9. The zero-order chi connectivity index (χ0) is 18.4. The third kappa shape index (κ3) is 4.94. The van der Waals surface area contributed by atoms with Crippen molar-refractivity contribution in [3.63, 3.8) is 0 Å². The van der Waals surface area contributed by atoms with E-state index in [-0.39, 0.29) is 18.3 Å². The number of rotatable bonds is 7. The molecule has 0 aliphatic heterocycles. The van der Waals surface area contributed by atoms with E-state index in [9.17, 15) is 15.3 Å². The van der Waals surface area contributed by atoms with Crippen LogP contribution in [0.2, 0.25) is 0 Å². The van der Waals surface area contributed by atoms with Gasteiger partial charge in [0.2, 0.25) is 0 Å². The maximum atomic E-state index is 10.5. The molecular formula is C21H26O4. The third-order valence-electron chi connectivity index (χ3n) is 4.29. The van der Waals surface area contributed by atoms with Crippen LogP contribution in [0.5, 0.6) is 5.75 Å². The molecule has 0 fully saturated rings. The topological polar surface area (TPSA) is 80.9 Å². The van der Waals surface area contributed by atoms with Gasteiger partial charge in [0, 0.05) is 18.2 Å². The van der Waals surface area contributed by atoms with Gasteiger partial charge in [-0.2, -0.15) is 0 Å². The van der Waals surface area contributed by atoms with Crippen LogP contribution in [-0.2, 0) is 0 Å². The lowest BCUT2D eigenvalue weighted by Gasteiger charge is -2.13. The Hall–Kier alpha value is -2.10. The molecule has 0 heterocycles. The molecule has 2 aromatic rings. The Morgan fingerprint density at radius 1 is 1.08 bits per heavy atom. The van der Waals surface area contributed by atoms with Crippen LogP contribution in [0.3, 0.4) is 0 Å². The van der Waals surface area contributed by atoms with Gasteiger partial charge in [0.25, 0.3) is 0 Å². The van der Waals surface area contributed by atoms with E-state index in [0.717, 1.165) is 16.5 Å². The molecule has 2 rings (SSSR count). The molecule has 4 nitrogen and oxygen atoms in total. The average molecular weight is 342 g/mol. The van der Waals surface area contributed by atoms with Gasteiger partial charge in [0.05, 0.1) is 18.8 Å². The van der Waals surface area contributed by atoms with Gasteiger partial charge >= 0.3 is 0 Å². The molecule has 0 bridgehead atoms. The number of benzene rings is 2. The fourth-order valence-electron chi connectivity index (χ4n) is 2.81. The summed E-state index contributed by atoms with van der Waals surface area (Å²) in [4.78, 5) is 0. The van der Waals surface area contributed by atoms with Crippen LogP contribution in [0.15, 0.2) is 53.8 Å². The van der Waals surface area contributed by atoms with Crippen LogP contribution in [0.25, 0.3) is 10.8 Å². The Balaban J connectivity index is 2.23. The number of hydrogen-bond donors (Lipinski definition) is 4. The number of hydrogen-bond acceptors (Lipinski definition) is 4. The summed E-state index contributed by atoms with van der Waals surface area (Å²) >= 11 is 0. The molecule has 0 saturated carbocycles. The monoisotopic (exact) mass is 342 g/mol. The zero-order valence-electron chi connectivity index (χ0n) is 14.7. The molecule has 2 atom stereocenters. The van der Waals surface area contributed by atoms with Crippen molar-refractivity contribution in [2.75, 3.05) is 6.61 Å². The first-order valence-electron chi connectivity index (χ1n) is 8.55. The maximum Gasteiger partial charge on any atom is 0.123 e. The predicted molar refractivity (Wildman–Crippen MR) is 99.3 cm³/mol. The molecular weight excluding hydrogens is 316 g/mol. The summed E-state index contributed by atoms with van der Waals surface area (Å²) in [6.45, 7) is 3.73. The molecule has 0 amide bonds. The Morgan fingerprint density at radius 2 is 1.76 bits per heavy atom. The van der Waals surface area contributed by atoms with E-state index in [1.165, 1.54) is 0 Å². The standard InChI is InChI=1S/C21H26O4/c1-14(2)15(12-16(23)13-22)6-5-9-20(24)19-10-11-21(25)18-8-4-3-7-17(18)19/h3-5,7-8,10-11,14,16,20,22-25H,9,12-13H2,1-2H3/t6?,16-,20-/m1/s1. The van der Waals surface area contributed by atoms with Crippen molar-refractivity contribution in [1.29, 1.82) is 0 Å². The second kappa shape index (κ2) is 8.84. The van der Waals surface area contributed by atoms with E-state index in [0.29, 0.717) is 18.2 Å². The molecule has 0 aliphatic rings. The van der Waals surface area contributed by atoms with E-state index >= 15 is 0 Å². The maximum absolute atomic E-state index is 10.5. The highest BCUT2D eigenvalue weighted by atomic mass is 16.3. The van der Waals surface area contributed by atoms with Gasteiger partial charge < -0.3 is 20.4 Å². The third-order valence-corrected chi connectivity index (χ3v) is 4.29. The Labute approximate surface area is 148 Å². The first-order valence-corrected chi connectivity index (χ1v) is 8.55. The molecule has 0 radical (unpaired) electrons. The molecule has 25 heavy (non-hydrogen) atoms. The summed E-state index contributed by atoms with van der Waals surface area (Å²) in [6, 6.07) is 10.8. The minimum atomic E-state index is -0.788. The summed E-state index contributed by atoms with van der Waals surface area (Å²) in [7, 11) is 0. The molecule has 134 valence electrons. The van der Waals surface area contributed by atoms with E-state index in [2.05, 4.69) is 5.73 Å². The lowest BCUT2D eigenvalue weighted by atomic mass is 9.96. The SMILES string of the molecule is CC(C)C(=C=CC[C@@H](O)c1ccc(O)c2ccccc12)C[C@@H](O)CO. The molecule has 0 spiro atoms. The number of aromatic hydroxyl groups is 1. The highest BCUT2D eigenvalue weighted by molar-refractivity contribution is 5.91. The van der Waals surface area contributed by atoms with Gasteiger partial charge in [-0.05, 0) is 34.6 Å². The predicted octanol–water partition coefficient (Wildman–Crippen LogP) is 3.45. The number of phenols is 1. The van der Waals surface area contributed by atoms with Crippen molar-refractivity contribution in [1.82, 2.24) is 0 Å². The Kier molecular flexibility index (Phi) is 6.80. The van der Waals surface area contributed by atoms with Gasteiger partial charge in [-0.3, -0.25) is 0 Å². The molecule has 0 aliphatic carbocycles. The Morgan fingerprint density at radius 3 is 2.40 bits per heavy atom. The summed E-state index contributed by atoms with van der Waals surface area (Å²) in [5.41, 5.74) is 4.82. The van der Waals surface area contributed by atoms with Crippen LogP contribution in [0, 0.1) is 5.92 Å². The van der Waals surface area contributed by atoms with Gasteiger partial charge in [-0.15, -0.1) is 5.73 Å². The number of phenolic OH excluding ortho intramolecular Hbond substituents is 1. The van der Waals surface area contributed by atoms with E-state index < -0.39 is 12.2 Å². The van der Waals surface area contributed by atoms with Crippen LogP contribution >= 0.6 is 0 Å². The van der Waals surface area contributed by atoms with E-state index in [4.69, 9.17) is 5.11 Å². The van der Waals surface area contributed by atoms with Crippen molar-refractivity contribution >= 4 is 10.8 Å². The number of fused-ring (bicyclic) bond motifs is 1. The quantitative estimate of drug-likeness (QED) is 0.581. The minimum absolute atomic E-state index is 0.196. The normalized spacial score (nSPS) is 13.5. The summed E-state index contributed by atoms with van der Waals surface area (Å²) in [5, 5.41) is 40.6. The lowest BCUT2D eigenvalue weighted by molar-refractivity contribution is 0.0939. The molecule has 4 heteroatoms. The second-order valence-electron chi connectivity index (χ2n) is 6.54. The molecule has 4 N–H and O–H groups in total. The summed E-state index contributed by atoms with van der Waals surface area (Å²) in [6.07, 6.45) is 1.01. The average Bonchev–Trinajstić information content (AvgIpc) is 2.60. The highest BCUT2D eigenvalue weighted by Gasteiger charge is 2.12. The van der Waals surface area contributed by atoms with Crippen LogP contribution in [-0.4, -0.2) is 33.1 Å². The van der Waals surface area contributed by atoms with Crippen molar-refractivity contribution in [2.45, 2.75) is 38.9 Å². The molecule has 2 aromatic carbocycles. The van der Waals surface area contributed by atoms with Crippen molar-refractivity contribution in [2.24, 2.45) is 5.92 Å². The summed E-state index contributed by atoms with van der Waals surface area (Å²) < 4.78 is 0. The number of aliphatic hydroxyl groups excluding tert-OH is 3. The summed E-state index contributed by atoms with van der Waals surface area (Å²) in [5.74, 6) is 0.395. The first kappa shape index (κ1) is 19.2. The second-order valence-corrected chi connectivity index (χ2v) is 6.54. The van der Waals surface area contributed by atoms with Crippen LogP contribution in [0.1, 0.15) is 38.4 Å². The molecule has 0 saturated heterocycles. The van der Waals surface area contributed by atoms with E-state index in [1.807, 2.05) is 38.1 Å². The lowest BCUT2D eigenvalue weighted by Crippen LogP contribution is -2.14. The Bertz CT molecular complexity index is 773. The fraction of sp³-hybridized carbons (Fsp3) is 0.381. The van der Waals surface area contributed by atoms with Crippen molar-refractivity contribution < 1.29 is 20.4 Å². The van der Waals surface area contributed by atoms with E-state index in [1.54, 1.807) is 18.2 Å². The number of aliphatic hydroxyl groups is 3.